The van der Waals surface area contributed by atoms with Crippen LogP contribution in [-0.4, -0.2) is 5.71 Å². The number of halogens is 1. The first kappa shape index (κ1) is 20.4. The average Bonchev–Trinajstić information content (AvgIpc) is 2.83. The van der Waals surface area contributed by atoms with Gasteiger partial charge in [0.05, 0.1) is 11.4 Å². The minimum absolute atomic E-state index is 0.244. The fraction of sp³-hybridized carbons (Fsp3) is 0.0741. The number of ether oxygens (including phenoxy) is 1. The van der Waals surface area contributed by atoms with E-state index < -0.39 is 0 Å². The first-order valence-electron chi connectivity index (χ1n) is 10.2. The number of nitrogens with zero attached hydrogens (tertiary/aromatic N) is 1. The molecular weight excluding hydrogens is 387 g/mol. The van der Waals surface area contributed by atoms with Crippen LogP contribution in [0.5, 0.6) is 5.75 Å². The van der Waals surface area contributed by atoms with Crippen LogP contribution in [0.15, 0.2) is 114 Å². The second-order valence-corrected chi connectivity index (χ2v) is 7.12. The zero-order valence-electron chi connectivity index (χ0n) is 17.0. The molecule has 4 aromatic rings. The van der Waals surface area contributed by atoms with E-state index in [1.807, 2.05) is 97.1 Å². The van der Waals surface area contributed by atoms with Crippen LogP contribution < -0.4 is 10.2 Å². The number of hydrogen-bond donors (Lipinski definition) is 1. The van der Waals surface area contributed by atoms with E-state index in [-0.39, 0.29) is 11.6 Å². The summed E-state index contributed by atoms with van der Waals surface area (Å²) in [6.07, 6.45) is 0.486. The fourth-order valence-electron chi connectivity index (χ4n) is 3.18. The number of hydrazone groups is 1. The highest BCUT2D eigenvalue weighted by Gasteiger charge is 2.10. The second kappa shape index (κ2) is 10.2. The first-order chi connectivity index (χ1) is 15.3. The smallest absolute Gasteiger partial charge is 0.165 e. The first-order valence-corrected chi connectivity index (χ1v) is 10.2. The van der Waals surface area contributed by atoms with Crippen molar-refractivity contribution in [3.63, 3.8) is 0 Å². The van der Waals surface area contributed by atoms with Crippen molar-refractivity contribution in [3.05, 3.63) is 132 Å². The normalized spacial score (nSPS) is 11.2. The fourth-order valence-corrected chi connectivity index (χ4v) is 3.18. The highest BCUT2D eigenvalue weighted by molar-refractivity contribution is 6.02. The Morgan fingerprint density at radius 2 is 1.39 bits per heavy atom. The molecule has 0 atom stereocenters. The molecule has 0 amide bonds. The lowest BCUT2D eigenvalue weighted by Crippen LogP contribution is -2.09. The van der Waals surface area contributed by atoms with Crippen LogP contribution in [0.3, 0.4) is 0 Å². The van der Waals surface area contributed by atoms with Crippen molar-refractivity contribution in [1.29, 1.82) is 0 Å². The third kappa shape index (κ3) is 5.80. The van der Waals surface area contributed by atoms with Crippen LogP contribution in [0, 0.1) is 5.82 Å². The minimum Gasteiger partial charge on any atom is -0.486 e. The van der Waals surface area contributed by atoms with Gasteiger partial charge in [0, 0.05) is 6.42 Å². The number of rotatable bonds is 8. The molecule has 4 rings (SSSR count). The van der Waals surface area contributed by atoms with Gasteiger partial charge < -0.3 is 4.74 Å². The van der Waals surface area contributed by atoms with Crippen LogP contribution in [0.2, 0.25) is 0 Å². The molecule has 0 aliphatic heterocycles. The van der Waals surface area contributed by atoms with Crippen molar-refractivity contribution in [2.75, 3.05) is 5.43 Å². The average molecular weight is 410 g/mol. The van der Waals surface area contributed by atoms with Crippen molar-refractivity contribution in [2.24, 2.45) is 5.10 Å². The standard InChI is InChI=1S/C27H23FN2O/c28-25-18-22(16-17-27(25)31-20-21-10-4-1-5-11-21)19-26(23-12-6-2-7-13-23)30-29-24-14-8-3-9-15-24/h1-18,29H,19-20H2. The van der Waals surface area contributed by atoms with Crippen molar-refractivity contribution >= 4 is 11.4 Å². The molecule has 4 heteroatoms. The van der Waals surface area contributed by atoms with E-state index in [1.165, 1.54) is 6.07 Å². The lowest BCUT2D eigenvalue weighted by molar-refractivity contribution is 0.290. The van der Waals surface area contributed by atoms with E-state index in [4.69, 9.17) is 4.74 Å². The third-order valence-corrected chi connectivity index (χ3v) is 4.81. The van der Waals surface area contributed by atoms with E-state index in [0.29, 0.717) is 13.0 Å². The molecule has 0 spiro atoms. The zero-order chi connectivity index (χ0) is 21.3. The molecular formula is C27H23FN2O. The molecule has 0 bridgehead atoms. The molecule has 0 fully saturated rings. The quantitative estimate of drug-likeness (QED) is 0.267. The van der Waals surface area contributed by atoms with Crippen LogP contribution >= 0.6 is 0 Å². The van der Waals surface area contributed by atoms with Gasteiger partial charge in [0.15, 0.2) is 11.6 Å². The van der Waals surface area contributed by atoms with E-state index >= 15 is 0 Å². The molecule has 0 aliphatic carbocycles. The lowest BCUT2D eigenvalue weighted by atomic mass is 10.0. The molecule has 0 aromatic heterocycles. The number of benzene rings is 4. The molecule has 1 N–H and O–H groups in total. The van der Waals surface area contributed by atoms with Gasteiger partial charge in [-0.2, -0.15) is 5.10 Å². The van der Waals surface area contributed by atoms with Crippen molar-refractivity contribution < 1.29 is 9.13 Å². The highest BCUT2D eigenvalue weighted by Crippen LogP contribution is 2.21. The maximum atomic E-state index is 14.7. The van der Waals surface area contributed by atoms with Gasteiger partial charge in [-0.15, -0.1) is 0 Å². The molecule has 154 valence electrons. The molecule has 0 heterocycles. The largest absolute Gasteiger partial charge is 0.486 e. The summed E-state index contributed by atoms with van der Waals surface area (Å²) in [5, 5.41) is 4.60. The van der Waals surface area contributed by atoms with Gasteiger partial charge in [-0.25, -0.2) is 4.39 Å². The molecule has 0 aliphatic rings. The van der Waals surface area contributed by atoms with Crippen LogP contribution in [-0.2, 0) is 13.0 Å². The third-order valence-electron chi connectivity index (χ3n) is 4.81. The Balaban J connectivity index is 1.50. The van der Waals surface area contributed by atoms with Crippen LogP contribution in [0.4, 0.5) is 10.1 Å². The molecule has 3 nitrogen and oxygen atoms in total. The Kier molecular flexibility index (Phi) is 6.71. The number of nitrogens with one attached hydrogen (secondary N) is 1. The Labute approximate surface area is 181 Å². The molecule has 4 aromatic carbocycles. The molecule has 0 radical (unpaired) electrons. The van der Waals surface area contributed by atoms with Gasteiger partial charge >= 0.3 is 0 Å². The predicted octanol–water partition coefficient (Wildman–Crippen LogP) is 6.46. The summed E-state index contributed by atoms with van der Waals surface area (Å²) in [4.78, 5) is 0. The molecule has 0 unspecified atom stereocenters. The summed E-state index contributed by atoms with van der Waals surface area (Å²) in [7, 11) is 0. The number of hydrogen-bond acceptors (Lipinski definition) is 3. The van der Waals surface area contributed by atoms with Crippen molar-refractivity contribution in [3.8, 4) is 5.75 Å². The van der Waals surface area contributed by atoms with Crippen LogP contribution in [0.25, 0.3) is 0 Å². The van der Waals surface area contributed by atoms with E-state index in [1.54, 1.807) is 6.07 Å². The van der Waals surface area contributed by atoms with Crippen molar-refractivity contribution in [2.45, 2.75) is 13.0 Å². The molecule has 0 saturated heterocycles. The maximum Gasteiger partial charge on any atom is 0.165 e. The SMILES string of the molecule is Fc1cc(CC(=NNc2ccccc2)c2ccccc2)ccc1OCc1ccccc1. The second-order valence-electron chi connectivity index (χ2n) is 7.12. The van der Waals surface area contributed by atoms with Gasteiger partial charge in [0.25, 0.3) is 0 Å². The van der Waals surface area contributed by atoms with Crippen LogP contribution in [0.1, 0.15) is 16.7 Å². The lowest BCUT2D eigenvalue weighted by Gasteiger charge is -2.11. The number of anilines is 1. The summed E-state index contributed by atoms with van der Waals surface area (Å²) in [6.45, 7) is 0.328. The molecule has 31 heavy (non-hydrogen) atoms. The van der Waals surface area contributed by atoms with Gasteiger partial charge in [0.1, 0.15) is 6.61 Å². The minimum atomic E-state index is -0.378. The summed E-state index contributed by atoms with van der Waals surface area (Å²) in [6, 6.07) is 34.4. The summed E-state index contributed by atoms with van der Waals surface area (Å²) >= 11 is 0. The molecule has 0 saturated carbocycles. The monoisotopic (exact) mass is 410 g/mol. The highest BCUT2D eigenvalue weighted by atomic mass is 19.1. The summed E-state index contributed by atoms with van der Waals surface area (Å²) in [5.41, 5.74) is 7.61. The van der Waals surface area contributed by atoms with E-state index in [2.05, 4.69) is 10.5 Å². The Bertz CT molecular complexity index is 1130. The Morgan fingerprint density at radius 3 is 2.06 bits per heavy atom. The Hall–Kier alpha value is -3.92. The topological polar surface area (TPSA) is 33.6 Å². The zero-order valence-corrected chi connectivity index (χ0v) is 17.0. The summed E-state index contributed by atoms with van der Waals surface area (Å²) < 4.78 is 20.3. The predicted molar refractivity (Wildman–Crippen MR) is 124 cm³/mol. The van der Waals surface area contributed by atoms with E-state index in [0.717, 1.165) is 28.1 Å². The van der Waals surface area contributed by atoms with E-state index in [9.17, 15) is 4.39 Å². The van der Waals surface area contributed by atoms with Gasteiger partial charge in [-0.05, 0) is 41.0 Å². The number of para-hydroxylation sites is 1. The Morgan fingerprint density at radius 1 is 0.742 bits per heavy atom. The van der Waals surface area contributed by atoms with Crippen molar-refractivity contribution in [1.82, 2.24) is 0 Å². The van der Waals surface area contributed by atoms with Gasteiger partial charge in [-0.3, -0.25) is 5.43 Å². The van der Waals surface area contributed by atoms with Gasteiger partial charge in [-0.1, -0.05) is 84.9 Å². The summed E-state index contributed by atoms with van der Waals surface area (Å²) in [5.74, 6) is -0.134. The maximum absolute atomic E-state index is 14.7. The van der Waals surface area contributed by atoms with Gasteiger partial charge in [0.2, 0.25) is 0 Å².